The summed E-state index contributed by atoms with van der Waals surface area (Å²) in [6.07, 6.45) is 3.49. The van der Waals surface area contributed by atoms with E-state index in [9.17, 15) is 0 Å². The Balaban J connectivity index is 3.21. The van der Waals surface area contributed by atoms with Crippen molar-refractivity contribution in [1.82, 2.24) is 0 Å². The van der Waals surface area contributed by atoms with Crippen LogP contribution in [0.3, 0.4) is 0 Å². The standard InChI is InChI=1S/C6H9/c1-4-6(3)5-2/h4-6H,1-3H2. The Morgan fingerprint density at radius 2 is 1.50 bits per heavy atom. The normalized spacial score (nSPS) is 8.33. The minimum Gasteiger partial charge on any atom is -0.102 e. The van der Waals surface area contributed by atoms with Crippen LogP contribution in [0.4, 0.5) is 0 Å². The zero-order chi connectivity index (χ0) is 4.99. The molecule has 33 valence electrons. The second-order valence-corrected chi connectivity index (χ2v) is 1.14. The summed E-state index contributed by atoms with van der Waals surface area (Å²) in [6.45, 7) is 10.6. The molecule has 0 saturated carbocycles. The topological polar surface area (TPSA) is 0 Å². The van der Waals surface area contributed by atoms with E-state index in [1.807, 2.05) is 0 Å². The van der Waals surface area contributed by atoms with Crippen LogP contribution in [0.1, 0.15) is 0 Å². The molecule has 0 N–H and O–H groups in total. The Morgan fingerprint density at radius 1 is 1.17 bits per heavy atom. The van der Waals surface area contributed by atoms with E-state index in [0.717, 1.165) is 0 Å². The number of hydrogen-bond donors (Lipinski definition) is 0. The first kappa shape index (κ1) is 5.48. The van der Waals surface area contributed by atoms with Crippen LogP contribution >= 0.6 is 0 Å². The van der Waals surface area contributed by atoms with Gasteiger partial charge in [-0.1, -0.05) is 12.2 Å². The molecule has 0 bridgehead atoms. The first-order valence-corrected chi connectivity index (χ1v) is 1.89. The molecule has 0 heteroatoms. The van der Waals surface area contributed by atoms with Crippen LogP contribution < -0.4 is 0 Å². The second kappa shape index (κ2) is 2.70. The molecule has 0 aromatic heterocycles. The van der Waals surface area contributed by atoms with Crippen LogP contribution in [-0.4, -0.2) is 0 Å². The summed E-state index contributed by atoms with van der Waals surface area (Å²) in [5, 5.41) is 0. The highest BCUT2D eigenvalue weighted by Crippen LogP contribution is 1.91. The maximum absolute atomic E-state index is 3.64. The molecule has 0 amide bonds. The van der Waals surface area contributed by atoms with Gasteiger partial charge in [-0.15, -0.1) is 13.2 Å². The van der Waals surface area contributed by atoms with Crippen molar-refractivity contribution in [3.8, 4) is 0 Å². The van der Waals surface area contributed by atoms with E-state index in [-0.39, 0.29) is 5.92 Å². The van der Waals surface area contributed by atoms with Crippen LogP contribution in [0, 0.1) is 12.8 Å². The molecular weight excluding hydrogens is 72.1 g/mol. The Hall–Kier alpha value is -0.520. The van der Waals surface area contributed by atoms with Crippen molar-refractivity contribution in [2.75, 3.05) is 0 Å². The molecule has 0 heterocycles. The molecule has 0 aromatic rings. The molecule has 0 nitrogen and oxygen atoms in total. The van der Waals surface area contributed by atoms with Crippen molar-refractivity contribution < 1.29 is 0 Å². The lowest BCUT2D eigenvalue weighted by molar-refractivity contribution is 1.08. The Labute approximate surface area is 39.2 Å². The molecule has 0 fully saturated rings. The minimum absolute atomic E-state index is 0.213. The Bertz CT molecular complexity index is 45.1. The Morgan fingerprint density at radius 3 is 1.50 bits per heavy atom. The second-order valence-electron chi connectivity index (χ2n) is 1.14. The predicted molar refractivity (Wildman–Crippen MR) is 29.2 cm³/mol. The molecule has 6 heavy (non-hydrogen) atoms. The van der Waals surface area contributed by atoms with Gasteiger partial charge in [0.1, 0.15) is 0 Å². The van der Waals surface area contributed by atoms with E-state index < -0.39 is 0 Å². The van der Waals surface area contributed by atoms with Gasteiger partial charge in [0, 0.05) is 0 Å². The third-order valence-corrected chi connectivity index (χ3v) is 0.605. The zero-order valence-electron chi connectivity index (χ0n) is 3.85. The quantitative estimate of drug-likeness (QED) is 0.445. The van der Waals surface area contributed by atoms with Gasteiger partial charge in [0.25, 0.3) is 0 Å². The fraction of sp³-hybridized carbons (Fsp3) is 0.167. The third-order valence-electron chi connectivity index (χ3n) is 0.605. The molecule has 1 radical (unpaired) electrons. The maximum Gasteiger partial charge on any atom is -0.00585 e. The summed E-state index contributed by atoms with van der Waals surface area (Å²) in [6, 6.07) is 0. The van der Waals surface area contributed by atoms with Gasteiger partial charge in [0.15, 0.2) is 0 Å². The molecular formula is C6H9. The van der Waals surface area contributed by atoms with Crippen LogP contribution in [0.2, 0.25) is 0 Å². The highest BCUT2D eigenvalue weighted by Gasteiger charge is 1.79. The van der Waals surface area contributed by atoms with E-state index in [0.29, 0.717) is 0 Å². The van der Waals surface area contributed by atoms with Crippen molar-refractivity contribution in [3.63, 3.8) is 0 Å². The highest BCUT2D eigenvalue weighted by atomic mass is 13.8. The van der Waals surface area contributed by atoms with E-state index >= 15 is 0 Å². The molecule has 0 rings (SSSR count). The monoisotopic (exact) mass is 81.1 g/mol. The van der Waals surface area contributed by atoms with Crippen molar-refractivity contribution in [2.45, 2.75) is 0 Å². The summed E-state index contributed by atoms with van der Waals surface area (Å²) in [5.74, 6) is 0.213. The van der Waals surface area contributed by atoms with Gasteiger partial charge in [-0.2, -0.15) is 0 Å². The lowest BCUT2D eigenvalue weighted by Gasteiger charge is -1.88. The van der Waals surface area contributed by atoms with E-state index in [1.165, 1.54) is 0 Å². The summed E-state index contributed by atoms with van der Waals surface area (Å²) in [4.78, 5) is 0. The van der Waals surface area contributed by atoms with Crippen LogP contribution in [-0.2, 0) is 0 Å². The average molecular weight is 81.1 g/mol. The van der Waals surface area contributed by atoms with Crippen molar-refractivity contribution in [3.05, 3.63) is 32.2 Å². The lowest BCUT2D eigenvalue weighted by Crippen LogP contribution is -1.76. The molecule has 0 aliphatic heterocycles. The van der Waals surface area contributed by atoms with Gasteiger partial charge >= 0.3 is 0 Å². The predicted octanol–water partition coefficient (Wildman–Crippen LogP) is 1.81. The maximum atomic E-state index is 3.64. The molecule has 0 spiro atoms. The van der Waals surface area contributed by atoms with E-state index in [4.69, 9.17) is 0 Å². The first-order chi connectivity index (χ1) is 2.81. The summed E-state index contributed by atoms with van der Waals surface area (Å²) in [7, 11) is 0. The smallest absolute Gasteiger partial charge is 0.00585 e. The summed E-state index contributed by atoms with van der Waals surface area (Å²) >= 11 is 0. The lowest BCUT2D eigenvalue weighted by atomic mass is 10.2. The molecule has 0 aliphatic carbocycles. The van der Waals surface area contributed by atoms with Crippen molar-refractivity contribution in [1.29, 1.82) is 0 Å². The van der Waals surface area contributed by atoms with E-state index in [1.54, 1.807) is 12.2 Å². The molecule has 0 unspecified atom stereocenters. The zero-order valence-corrected chi connectivity index (χ0v) is 3.85. The van der Waals surface area contributed by atoms with Crippen LogP contribution in [0.5, 0.6) is 0 Å². The van der Waals surface area contributed by atoms with Gasteiger partial charge in [-0.25, -0.2) is 0 Å². The van der Waals surface area contributed by atoms with Gasteiger partial charge in [-0.05, 0) is 12.8 Å². The SMILES string of the molecule is [CH2]C(C=C)C=C. The number of hydrogen-bond acceptors (Lipinski definition) is 0. The van der Waals surface area contributed by atoms with E-state index in [2.05, 4.69) is 20.1 Å². The molecule has 0 aromatic carbocycles. The van der Waals surface area contributed by atoms with Gasteiger partial charge in [0.2, 0.25) is 0 Å². The van der Waals surface area contributed by atoms with Crippen molar-refractivity contribution in [2.24, 2.45) is 5.92 Å². The third kappa shape index (κ3) is 1.77. The van der Waals surface area contributed by atoms with Crippen LogP contribution in [0.15, 0.2) is 25.3 Å². The number of rotatable bonds is 2. The van der Waals surface area contributed by atoms with Gasteiger partial charge in [0.05, 0.1) is 0 Å². The highest BCUT2D eigenvalue weighted by molar-refractivity contribution is 4.93. The molecule has 0 atom stereocenters. The Kier molecular flexibility index (Phi) is 2.47. The van der Waals surface area contributed by atoms with Gasteiger partial charge in [-0.3, -0.25) is 0 Å². The summed E-state index contributed by atoms with van der Waals surface area (Å²) in [5.41, 5.74) is 0. The average Bonchev–Trinajstić information content (AvgIpc) is 1.65. The first-order valence-electron chi connectivity index (χ1n) is 1.89. The van der Waals surface area contributed by atoms with Crippen LogP contribution in [0.25, 0.3) is 0 Å². The van der Waals surface area contributed by atoms with Crippen molar-refractivity contribution >= 4 is 0 Å². The molecule has 0 saturated heterocycles. The molecule has 0 aliphatic rings. The fourth-order valence-corrected chi connectivity index (χ4v) is 0.0962. The minimum atomic E-state index is 0.213. The number of allylic oxidation sites excluding steroid dienone is 2. The fourth-order valence-electron chi connectivity index (χ4n) is 0.0962. The van der Waals surface area contributed by atoms with Gasteiger partial charge < -0.3 is 0 Å². The summed E-state index contributed by atoms with van der Waals surface area (Å²) < 4.78 is 0. The largest absolute Gasteiger partial charge is 0.102 e.